The summed E-state index contributed by atoms with van der Waals surface area (Å²) in [6, 6.07) is 2.61. The highest BCUT2D eigenvalue weighted by Gasteiger charge is 2.34. The van der Waals surface area contributed by atoms with Crippen LogP contribution in [0.4, 0.5) is 15.0 Å². The number of fused-ring (bicyclic) bond motifs is 1. The largest absolute Gasteiger partial charge is 0.421 e. The molecule has 1 amide bonds. The second-order valence-corrected chi connectivity index (χ2v) is 7.11. The average Bonchev–Trinajstić information content (AvgIpc) is 2.77. The molecule has 0 saturated carbocycles. The molecular formula is C18H17FN8O3S. The Hall–Kier alpha value is -3.58. The van der Waals surface area contributed by atoms with Gasteiger partial charge in [0, 0.05) is 30.0 Å². The Labute approximate surface area is 180 Å². The predicted octanol–water partition coefficient (Wildman–Crippen LogP) is 2.86. The molecule has 2 N–H and O–H groups in total. The van der Waals surface area contributed by atoms with Gasteiger partial charge >= 0.3 is 12.1 Å². The summed E-state index contributed by atoms with van der Waals surface area (Å²) in [5, 5.41) is 7.41. The van der Waals surface area contributed by atoms with Gasteiger partial charge in [-0.2, -0.15) is 5.10 Å². The molecule has 1 aliphatic rings. The van der Waals surface area contributed by atoms with Crippen LogP contribution in [0.5, 0.6) is 17.5 Å². The Morgan fingerprint density at radius 1 is 1.29 bits per heavy atom. The molecule has 160 valence electrons. The average molecular weight is 444 g/mol. The molecule has 0 aromatic carbocycles. The smallest absolute Gasteiger partial charge is 0.416 e. The van der Waals surface area contributed by atoms with Crippen molar-refractivity contribution >= 4 is 24.0 Å². The zero-order valence-electron chi connectivity index (χ0n) is 16.4. The zero-order chi connectivity index (χ0) is 21.8. The topological polar surface area (TPSA) is 127 Å². The van der Waals surface area contributed by atoms with E-state index in [9.17, 15) is 9.18 Å². The van der Waals surface area contributed by atoms with Crippen LogP contribution in [0.25, 0.3) is 0 Å². The van der Waals surface area contributed by atoms with Crippen molar-refractivity contribution in [3.8, 4) is 17.5 Å². The highest BCUT2D eigenvalue weighted by Crippen LogP contribution is 2.37. The monoisotopic (exact) mass is 444 g/mol. The lowest BCUT2D eigenvalue weighted by atomic mass is 10.1. The summed E-state index contributed by atoms with van der Waals surface area (Å²) in [5.41, 5.74) is 0.799. The van der Waals surface area contributed by atoms with E-state index < -0.39 is 18.0 Å². The van der Waals surface area contributed by atoms with Crippen molar-refractivity contribution in [2.75, 3.05) is 11.8 Å². The fourth-order valence-electron chi connectivity index (χ4n) is 2.90. The molecule has 0 aliphatic carbocycles. The molecule has 11 nitrogen and oxygen atoms in total. The summed E-state index contributed by atoms with van der Waals surface area (Å²) >= 11 is 1.08. The van der Waals surface area contributed by atoms with E-state index in [1.807, 2.05) is 0 Å². The number of halogens is 1. The van der Waals surface area contributed by atoms with Gasteiger partial charge in [-0.3, -0.25) is 14.6 Å². The standard InChI is InChI=1S/C18H17FN8O3S/c1-10-15-13(7-12(8-23-15)29-17-22-5-6-24-25-17)30-18(28)27(10)9-11-3-4-21-16(14(11)19)26-31-20-2/h3-8,10,20H,9H2,1-2H3,(H,21,26). The number of carbonyl (C=O) groups excluding carboxylic acids is 1. The van der Waals surface area contributed by atoms with E-state index in [1.165, 1.54) is 41.8 Å². The first-order valence-electron chi connectivity index (χ1n) is 9.08. The maximum atomic E-state index is 14.8. The van der Waals surface area contributed by atoms with E-state index in [0.29, 0.717) is 5.69 Å². The van der Waals surface area contributed by atoms with Crippen LogP contribution < -0.4 is 18.9 Å². The summed E-state index contributed by atoms with van der Waals surface area (Å²) < 4.78 is 31.2. The molecule has 0 spiro atoms. The van der Waals surface area contributed by atoms with Crippen LogP contribution in [0.2, 0.25) is 0 Å². The number of rotatable bonds is 7. The summed E-state index contributed by atoms with van der Waals surface area (Å²) in [6.07, 6.45) is 5.15. The van der Waals surface area contributed by atoms with Crippen molar-refractivity contribution in [2.45, 2.75) is 19.5 Å². The summed E-state index contributed by atoms with van der Waals surface area (Å²) in [7, 11) is 1.69. The third-order valence-corrected chi connectivity index (χ3v) is 4.88. The molecule has 1 aliphatic heterocycles. The lowest BCUT2D eigenvalue weighted by Crippen LogP contribution is -2.39. The second kappa shape index (κ2) is 9.06. The molecule has 13 heteroatoms. The van der Waals surface area contributed by atoms with E-state index >= 15 is 0 Å². The number of nitrogens with zero attached hydrogens (tertiary/aromatic N) is 6. The minimum absolute atomic E-state index is 0.0177. The van der Waals surface area contributed by atoms with Crippen LogP contribution in [0.1, 0.15) is 24.2 Å². The lowest BCUT2D eigenvalue weighted by Gasteiger charge is -2.33. The third-order valence-electron chi connectivity index (χ3n) is 4.38. The van der Waals surface area contributed by atoms with E-state index in [0.717, 1.165) is 12.1 Å². The first kappa shape index (κ1) is 20.7. The fraction of sp³-hybridized carbons (Fsp3) is 0.222. The molecule has 4 heterocycles. The Bertz CT molecular complexity index is 1090. The number of nitrogens with one attached hydrogen (secondary N) is 2. The van der Waals surface area contributed by atoms with Crippen LogP contribution >= 0.6 is 12.1 Å². The number of hydrogen-bond acceptors (Lipinski definition) is 11. The Morgan fingerprint density at radius 3 is 2.94 bits per heavy atom. The van der Waals surface area contributed by atoms with Gasteiger partial charge in [0.1, 0.15) is 5.69 Å². The normalized spacial score (nSPS) is 15.3. The molecule has 31 heavy (non-hydrogen) atoms. The fourth-order valence-corrected chi connectivity index (χ4v) is 3.24. The van der Waals surface area contributed by atoms with Gasteiger partial charge < -0.3 is 9.47 Å². The van der Waals surface area contributed by atoms with Crippen LogP contribution in [0, 0.1) is 5.82 Å². The summed E-state index contributed by atoms with van der Waals surface area (Å²) in [4.78, 5) is 26.3. The predicted molar refractivity (Wildman–Crippen MR) is 109 cm³/mol. The molecule has 4 rings (SSSR count). The number of hydrogen-bond donors (Lipinski definition) is 2. The van der Waals surface area contributed by atoms with Crippen molar-refractivity contribution in [2.24, 2.45) is 0 Å². The van der Waals surface area contributed by atoms with E-state index in [4.69, 9.17) is 9.47 Å². The molecule has 3 aromatic rings. The number of aromatic nitrogens is 5. The van der Waals surface area contributed by atoms with Gasteiger partial charge in [-0.25, -0.2) is 23.9 Å². The molecule has 3 aromatic heterocycles. The molecule has 0 bridgehead atoms. The van der Waals surface area contributed by atoms with Gasteiger partial charge in [-0.1, -0.05) is 5.10 Å². The van der Waals surface area contributed by atoms with Gasteiger partial charge in [-0.05, 0) is 20.0 Å². The highest BCUT2D eigenvalue weighted by atomic mass is 32.2. The van der Waals surface area contributed by atoms with Gasteiger partial charge in [0.05, 0.1) is 31.2 Å². The van der Waals surface area contributed by atoms with Gasteiger partial charge in [0.25, 0.3) is 0 Å². The number of pyridine rings is 2. The zero-order valence-corrected chi connectivity index (χ0v) is 17.3. The molecule has 1 unspecified atom stereocenters. The molecule has 0 saturated heterocycles. The second-order valence-electron chi connectivity index (χ2n) is 6.29. The van der Waals surface area contributed by atoms with Crippen LogP contribution in [-0.4, -0.2) is 43.2 Å². The first-order chi connectivity index (χ1) is 15.1. The van der Waals surface area contributed by atoms with E-state index in [-0.39, 0.29) is 35.4 Å². The van der Waals surface area contributed by atoms with Gasteiger partial charge in [-0.15, -0.1) is 0 Å². The van der Waals surface area contributed by atoms with Crippen LogP contribution in [-0.2, 0) is 6.54 Å². The summed E-state index contributed by atoms with van der Waals surface area (Å²) in [5.74, 6) is 0.0493. The van der Waals surface area contributed by atoms with Crippen molar-refractivity contribution < 1.29 is 18.7 Å². The van der Waals surface area contributed by atoms with E-state index in [1.54, 1.807) is 14.0 Å². The molecule has 0 fully saturated rings. The third kappa shape index (κ3) is 4.46. The quantitative estimate of drug-likeness (QED) is 0.522. The SMILES string of the molecule is CNSNc1nccc(CN2C(=O)Oc3cc(Oc4nccnn4)cnc3C2C)c1F. The lowest BCUT2D eigenvalue weighted by molar-refractivity contribution is 0.114. The number of anilines is 1. The molecular weight excluding hydrogens is 427 g/mol. The number of amides is 1. The van der Waals surface area contributed by atoms with E-state index in [2.05, 4.69) is 34.6 Å². The summed E-state index contributed by atoms with van der Waals surface area (Å²) in [6.45, 7) is 1.77. The van der Waals surface area contributed by atoms with Gasteiger partial charge in [0.15, 0.2) is 23.1 Å². The minimum atomic E-state index is -0.633. The molecule has 1 atom stereocenters. The minimum Gasteiger partial charge on any atom is -0.421 e. The maximum absolute atomic E-state index is 14.8. The van der Waals surface area contributed by atoms with Gasteiger partial charge in [0.2, 0.25) is 0 Å². The highest BCUT2D eigenvalue weighted by molar-refractivity contribution is 7.98. The maximum Gasteiger partial charge on any atom is 0.416 e. The van der Waals surface area contributed by atoms with Crippen molar-refractivity contribution in [1.82, 2.24) is 34.8 Å². The Balaban J connectivity index is 1.54. The number of carbonyl (C=O) groups is 1. The number of ether oxygens (including phenoxy) is 2. The van der Waals surface area contributed by atoms with Crippen molar-refractivity contribution in [3.63, 3.8) is 0 Å². The van der Waals surface area contributed by atoms with Crippen LogP contribution in [0.3, 0.4) is 0 Å². The van der Waals surface area contributed by atoms with Crippen molar-refractivity contribution in [3.05, 3.63) is 54.0 Å². The molecule has 0 radical (unpaired) electrons. The van der Waals surface area contributed by atoms with Crippen molar-refractivity contribution in [1.29, 1.82) is 0 Å². The van der Waals surface area contributed by atoms with Crippen LogP contribution in [0.15, 0.2) is 36.9 Å². The Morgan fingerprint density at radius 2 is 2.16 bits per heavy atom. The Kier molecular flexibility index (Phi) is 6.04. The first-order valence-corrected chi connectivity index (χ1v) is 9.90.